The van der Waals surface area contributed by atoms with E-state index < -0.39 is 23.6 Å². The number of carbonyl (C=O) groups excluding carboxylic acids is 2. The number of likely N-dealkylation sites (N-methyl/N-ethyl adjacent to an activating group) is 1. The molecule has 4 heterocycles. The molecule has 1 unspecified atom stereocenters. The Morgan fingerprint density at radius 2 is 2.11 bits per heavy atom. The number of carbonyl (C=O) groups is 2. The summed E-state index contributed by atoms with van der Waals surface area (Å²) in [5, 5.41) is 17.5. The fourth-order valence-electron chi connectivity index (χ4n) is 4.63. The average molecular weight is 518 g/mol. The van der Waals surface area contributed by atoms with Gasteiger partial charge in [0, 0.05) is 49.5 Å². The summed E-state index contributed by atoms with van der Waals surface area (Å²) in [6, 6.07) is 8.92. The maximum Gasteiger partial charge on any atom is 0.342 e. The van der Waals surface area contributed by atoms with Gasteiger partial charge in [0.2, 0.25) is 11.9 Å². The molecule has 0 bridgehead atoms. The van der Waals surface area contributed by atoms with Crippen LogP contribution in [-0.4, -0.2) is 63.7 Å². The molecule has 2 aliphatic heterocycles. The Kier molecular flexibility index (Phi) is 7.22. The van der Waals surface area contributed by atoms with Crippen LogP contribution in [0.3, 0.4) is 0 Å². The summed E-state index contributed by atoms with van der Waals surface area (Å²) in [6.45, 7) is 0.952. The smallest absolute Gasteiger partial charge is 0.342 e. The lowest BCUT2D eigenvalue weighted by atomic mass is 9.94. The van der Waals surface area contributed by atoms with Crippen molar-refractivity contribution in [3.63, 3.8) is 0 Å². The van der Waals surface area contributed by atoms with Crippen molar-refractivity contribution in [2.45, 2.75) is 43.7 Å². The summed E-state index contributed by atoms with van der Waals surface area (Å²) in [5.74, 6) is 5.20. The lowest BCUT2D eigenvalue weighted by Gasteiger charge is -2.26. The van der Waals surface area contributed by atoms with Crippen LogP contribution in [0.5, 0.6) is 0 Å². The van der Waals surface area contributed by atoms with Crippen LogP contribution in [0.25, 0.3) is 0 Å². The predicted octanol–water partition coefficient (Wildman–Crippen LogP) is 2.44. The number of fused-ring (bicyclic) bond motifs is 1. The third-order valence-corrected chi connectivity index (χ3v) is 6.84. The summed E-state index contributed by atoms with van der Waals surface area (Å²) < 4.78 is 19.8. The molecule has 1 saturated heterocycles. The molecular formula is C28H28FN5O4. The standard InChI is InChI=1S/C28H28FN5O4/c1-33-24-16-19(9-10-28(37)11-13-38-14-12-28)5-6-21(24)7-8-23(26(33)35)32-27(36)34-18-20(17-30-34)15-22-3-2-4-25(29)31-22/h2-6,16-18,23,37H,7-8,11-15H2,1H3,(H,32,36). The number of hydrogen-bond acceptors (Lipinski definition) is 6. The largest absolute Gasteiger partial charge is 0.381 e. The first-order valence-corrected chi connectivity index (χ1v) is 12.5. The first-order chi connectivity index (χ1) is 18.3. The Bertz CT molecular complexity index is 1420. The first kappa shape index (κ1) is 25.6. The van der Waals surface area contributed by atoms with Crippen molar-refractivity contribution in [3.05, 3.63) is 77.1 Å². The zero-order valence-electron chi connectivity index (χ0n) is 21.0. The summed E-state index contributed by atoms with van der Waals surface area (Å²) >= 11 is 0. The third kappa shape index (κ3) is 5.74. The highest BCUT2D eigenvalue weighted by molar-refractivity contribution is 6.00. The minimum Gasteiger partial charge on any atom is -0.381 e. The van der Waals surface area contributed by atoms with E-state index in [1.165, 1.54) is 17.2 Å². The van der Waals surface area contributed by atoms with Crippen LogP contribution in [-0.2, 0) is 22.4 Å². The SMILES string of the molecule is CN1C(=O)C(NC(=O)n2cc(Cc3cccc(F)n3)cn2)CCc2ccc(C#CC3(O)CCOCC3)cc21. The molecule has 1 fully saturated rings. The maximum absolute atomic E-state index is 13.4. The monoisotopic (exact) mass is 517 g/mol. The summed E-state index contributed by atoms with van der Waals surface area (Å²) in [4.78, 5) is 31.5. The number of aryl methyl sites for hydroxylation is 1. The Morgan fingerprint density at radius 1 is 1.29 bits per heavy atom. The number of halogens is 1. The normalized spacial score (nSPS) is 18.7. The zero-order valence-corrected chi connectivity index (χ0v) is 21.0. The van der Waals surface area contributed by atoms with Gasteiger partial charge >= 0.3 is 6.03 Å². The van der Waals surface area contributed by atoms with E-state index in [0.29, 0.717) is 62.1 Å². The first-order valence-electron chi connectivity index (χ1n) is 12.5. The van der Waals surface area contributed by atoms with E-state index in [-0.39, 0.29) is 5.91 Å². The molecule has 0 saturated carbocycles. The molecule has 2 aliphatic rings. The number of anilines is 1. The van der Waals surface area contributed by atoms with Crippen LogP contribution in [0, 0.1) is 17.8 Å². The predicted molar refractivity (Wildman–Crippen MR) is 137 cm³/mol. The van der Waals surface area contributed by atoms with Crippen molar-refractivity contribution in [2.24, 2.45) is 0 Å². The molecule has 5 rings (SSSR count). The quantitative estimate of drug-likeness (QED) is 0.408. The topological polar surface area (TPSA) is 110 Å². The maximum atomic E-state index is 13.4. The molecule has 1 aromatic carbocycles. The minimum atomic E-state index is -1.07. The number of benzene rings is 1. The molecule has 3 aromatic rings. The van der Waals surface area contributed by atoms with Gasteiger partial charge in [0.25, 0.3) is 0 Å². The number of amides is 2. The van der Waals surface area contributed by atoms with Crippen LogP contribution in [0.2, 0.25) is 0 Å². The number of pyridine rings is 1. The van der Waals surface area contributed by atoms with Crippen molar-refractivity contribution < 1.29 is 23.8 Å². The number of ether oxygens (including phenoxy) is 1. The van der Waals surface area contributed by atoms with Crippen molar-refractivity contribution in [1.29, 1.82) is 0 Å². The van der Waals surface area contributed by atoms with Crippen LogP contribution >= 0.6 is 0 Å². The number of aliphatic hydroxyl groups is 1. The van der Waals surface area contributed by atoms with E-state index in [0.717, 1.165) is 15.9 Å². The molecule has 0 aliphatic carbocycles. The molecule has 196 valence electrons. The molecule has 2 aromatic heterocycles. The highest BCUT2D eigenvalue weighted by Crippen LogP contribution is 2.28. The van der Waals surface area contributed by atoms with Crippen molar-refractivity contribution >= 4 is 17.6 Å². The second-order valence-electron chi connectivity index (χ2n) is 9.60. The van der Waals surface area contributed by atoms with Crippen LogP contribution in [0.15, 0.2) is 48.8 Å². The van der Waals surface area contributed by atoms with Crippen molar-refractivity contribution in [3.8, 4) is 11.8 Å². The van der Waals surface area contributed by atoms with Gasteiger partial charge in [-0.25, -0.2) is 9.78 Å². The number of hydrogen-bond donors (Lipinski definition) is 2. The zero-order chi connectivity index (χ0) is 26.7. The molecule has 1 atom stereocenters. The van der Waals surface area contributed by atoms with Gasteiger partial charge in [-0.05, 0) is 48.2 Å². The Morgan fingerprint density at radius 3 is 2.89 bits per heavy atom. The lowest BCUT2D eigenvalue weighted by molar-refractivity contribution is -0.120. The minimum absolute atomic E-state index is 0.249. The van der Waals surface area contributed by atoms with E-state index in [2.05, 4.69) is 27.2 Å². The van der Waals surface area contributed by atoms with E-state index in [9.17, 15) is 19.1 Å². The second-order valence-corrected chi connectivity index (χ2v) is 9.60. The van der Waals surface area contributed by atoms with Gasteiger partial charge in [-0.2, -0.15) is 14.2 Å². The molecule has 38 heavy (non-hydrogen) atoms. The van der Waals surface area contributed by atoms with Gasteiger partial charge in [0.05, 0.1) is 19.4 Å². The van der Waals surface area contributed by atoms with E-state index >= 15 is 0 Å². The summed E-state index contributed by atoms with van der Waals surface area (Å²) in [7, 11) is 1.67. The fraction of sp³-hybridized carbons (Fsp3) is 0.357. The molecule has 9 nitrogen and oxygen atoms in total. The van der Waals surface area contributed by atoms with Crippen LogP contribution in [0.1, 0.15) is 41.6 Å². The third-order valence-electron chi connectivity index (χ3n) is 6.84. The number of nitrogens with one attached hydrogen (secondary N) is 1. The average Bonchev–Trinajstić information content (AvgIpc) is 3.34. The van der Waals surface area contributed by atoms with E-state index in [1.54, 1.807) is 25.4 Å². The summed E-state index contributed by atoms with van der Waals surface area (Å²) in [6.07, 6.45) is 5.31. The van der Waals surface area contributed by atoms with E-state index in [4.69, 9.17) is 4.74 Å². The summed E-state index contributed by atoms with van der Waals surface area (Å²) in [5.41, 5.74) is 2.53. The lowest BCUT2D eigenvalue weighted by Crippen LogP contribution is -2.48. The number of aromatic nitrogens is 3. The highest BCUT2D eigenvalue weighted by atomic mass is 19.1. The molecule has 2 N–H and O–H groups in total. The van der Waals surface area contributed by atoms with E-state index in [1.807, 2.05) is 18.2 Å². The highest BCUT2D eigenvalue weighted by Gasteiger charge is 2.30. The van der Waals surface area contributed by atoms with Gasteiger partial charge < -0.3 is 20.1 Å². The van der Waals surface area contributed by atoms with Gasteiger partial charge in [-0.1, -0.05) is 24.0 Å². The molecule has 2 amide bonds. The molecule has 0 spiro atoms. The van der Waals surface area contributed by atoms with Gasteiger partial charge in [-0.15, -0.1) is 0 Å². The van der Waals surface area contributed by atoms with Crippen LogP contribution in [0.4, 0.5) is 14.9 Å². The molecule has 0 radical (unpaired) electrons. The van der Waals surface area contributed by atoms with Gasteiger partial charge in [-0.3, -0.25) is 4.79 Å². The Balaban J connectivity index is 1.26. The number of nitrogens with zero attached hydrogens (tertiary/aromatic N) is 4. The van der Waals surface area contributed by atoms with Crippen molar-refractivity contribution in [1.82, 2.24) is 20.1 Å². The molecular weight excluding hydrogens is 489 g/mol. The van der Waals surface area contributed by atoms with Gasteiger partial charge in [0.15, 0.2) is 0 Å². The molecule has 10 heteroatoms. The Labute approximate surface area is 219 Å². The van der Waals surface area contributed by atoms with Crippen molar-refractivity contribution in [2.75, 3.05) is 25.2 Å². The Hall–Kier alpha value is -4.07. The second kappa shape index (κ2) is 10.7. The fourth-order valence-corrected chi connectivity index (χ4v) is 4.63. The van der Waals surface area contributed by atoms with Gasteiger partial charge in [0.1, 0.15) is 11.6 Å². The number of rotatable bonds is 3. The van der Waals surface area contributed by atoms with Crippen LogP contribution < -0.4 is 10.2 Å².